The van der Waals surface area contributed by atoms with Crippen LogP contribution in [0.15, 0.2) is 85.1 Å². The zero-order chi connectivity index (χ0) is 60.7. The number of carbonyl (C=O) groups excluding carboxylic acids is 8. The van der Waals surface area contributed by atoms with Crippen molar-refractivity contribution in [1.29, 1.82) is 0 Å². The maximum absolute atomic E-state index is 16.3. The molecule has 1 aromatic heterocycles. The summed E-state index contributed by atoms with van der Waals surface area (Å²) in [5, 5.41) is 18.5. The molecule has 3 aromatic carbocycles. The third-order valence-corrected chi connectivity index (χ3v) is 14.5. The largest absolute Gasteiger partial charge is 0.445 e. The number of rotatable bonds is 29. The number of hydrogen-bond donors (Lipinski definition) is 5. The number of urea groups is 1. The first-order valence-corrected chi connectivity index (χ1v) is 27.8. The molecule has 4 aromatic rings. The first-order chi connectivity index (χ1) is 39.3. The van der Waals surface area contributed by atoms with Gasteiger partial charge in [0.05, 0.1) is 30.9 Å². The molecule has 1 fully saturated rings. The van der Waals surface area contributed by atoms with E-state index in [1.807, 2.05) is 20.8 Å². The number of primary amides is 1. The standard InChI is InChI=1S/C60H75F4N9O10/c1-36(2)54(69-51(77)15-8-7-9-25-73-52(78)22-23-53(73)79)49(75)27-40(13-11-24-66-58(65)81)57(80)67-44-19-16-38(17-20-44)35-83-59(82)72-31-41(47(64)32-72)30-70(34-50(76)37(3)74)55(60(4,5)6)56-68-48(45-28-43(62)18-21-46(45)63)33-71(56)29-39-12-10-14-42(61)26-39/h10,12,14,16-23,26,28,33,36-37,40-41,47,54-55,74H,7-9,11,13,15,24-25,27,29-32,34-35H2,1-6H3,(H,67,80)(H,69,77)(H3,65,66,81)/t37-,40-,41-,47+,54+,55+/m1/s1. The number of Topliss-reactive ketones (excluding diaryl/α,β-unsaturated/α-hetero) is 2. The number of likely N-dealkylation sites (tertiary alicyclic amines) is 1. The van der Waals surface area contributed by atoms with Crippen LogP contribution in [-0.2, 0) is 46.7 Å². The van der Waals surface area contributed by atoms with Gasteiger partial charge in [-0.05, 0) is 97.5 Å². The number of hydrogen-bond acceptors (Lipinski definition) is 12. The normalized spacial score (nSPS) is 16.7. The quantitative estimate of drug-likeness (QED) is 0.0201. The van der Waals surface area contributed by atoms with Crippen LogP contribution < -0.4 is 21.7 Å². The molecule has 6 atom stereocenters. The number of anilines is 1. The van der Waals surface area contributed by atoms with Gasteiger partial charge < -0.3 is 41.0 Å². The number of imidazole rings is 1. The minimum absolute atomic E-state index is 0.0264. The number of nitrogens with one attached hydrogen (secondary N) is 3. The van der Waals surface area contributed by atoms with E-state index in [4.69, 9.17) is 15.5 Å². The number of nitrogens with zero attached hydrogens (tertiary/aromatic N) is 5. The Kier molecular flexibility index (Phi) is 22.8. The molecule has 2 aliphatic rings. The maximum Gasteiger partial charge on any atom is 0.410 e. The minimum Gasteiger partial charge on any atom is -0.445 e. The molecule has 23 heteroatoms. The van der Waals surface area contributed by atoms with E-state index in [1.54, 1.807) is 53.6 Å². The van der Waals surface area contributed by atoms with E-state index >= 15 is 8.78 Å². The van der Waals surface area contributed by atoms with Gasteiger partial charge in [0.2, 0.25) is 11.8 Å². The fraction of sp³-hybridized carbons (Fsp3) is 0.483. The summed E-state index contributed by atoms with van der Waals surface area (Å²) in [4.78, 5) is 111. The molecule has 0 bridgehead atoms. The van der Waals surface area contributed by atoms with Crippen LogP contribution in [0, 0.1) is 40.6 Å². The van der Waals surface area contributed by atoms with Gasteiger partial charge in [-0.1, -0.05) is 65.3 Å². The molecular weight excluding hydrogens is 1080 g/mol. The number of alkyl halides is 1. The topological polar surface area (TPSA) is 256 Å². The van der Waals surface area contributed by atoms with Crippen molar-refractivity contribution < 1.29 is 65.8 Å². The average Bonchev–Trinajstić information content (AvgIpc) is 3.12. The number of aliphatic hydroxyl groups is 1. The first kappa shape index (κ1) is 64.4. The average molecular weight is 1160 g/mol. The predicted octanol–water partition coefficient (Wildman–Crippen LogP) is 7.55. The lowest BCUT2D eigenvalue weighted by molar-refractivity contribution is -0.137. The summed E-state index contributed by atoms with van der Waals surface area (Å²) in [6.07, 6.45) is 1.98. The minimum atomic E-state index is -1.60. The molecular formula is C60H75F4N9O10. The third kappa shape index (κ3) is 18.6. The molecule has 19 nitrogen and oxygen atoms in total. The Balaban J connectivity index is 1.09. The van der Waals surface area contributed by atoms with Crippen LogP contribution in [0.25, 0.3) is 11.3 Å². The zero-order valence-electron chi connectivity index (χ0n) is 47.7. The van der Waals surface area contributed by atoms with Crippen LogP contribution in [0.3, 0.4) is 0 Å². The summed E-state index contributed by atoms with van der Waals surface area (Å²) in [7, 11) is 0. The Morgan fingerprint density at radius 3 is 2.22 bits per heavy atom. The lowest BCUT2D eigenvalue weighted by Gasteiger charge is -2.41. The van der Waals surface area contributed by atoms with E-state index in [0.29, 0.717) is 42.5 Å². The fourth-order valence-corrected chi connectivity index (χ4v) is 10.2. The van der Waals surface area contributed by atoms with Crippen molar-refractivity contribution in [2.24, 2.45) is 28.9 Å². The first-order valence-electron chi connectivity index (χ1n) is 27.8. The summed E-state index contributed by atoms with van der Waals surface area (Å²) in [5.74, 6) is -6.36. The Morgan fingerprint density at radius 1 is 0.867 bits per heavy atom. The molecule has 1 saturated heterocycles. The molecule has 83 heavy (non-hydrogen) atoms. The Labute approximate surface area is 480 Å². The lowest BCUT2D eigenvalue weighted by atomic mass is 9.84. The fourth-order valence-electron chi connectivity index (χ4n) is 10.2. The zero-order valence-corrected chi connectivity index (χ0v) is 47.7. The molecule has 2 aliphatic heterocycles. The van der Waals surface area contributed by atoms with Gasteiger partial charge in [0.1, 0.15) is 42.2 Å². The molecule has 7 amide bonds. The second-order valence-electron chi connectivity index (χ2n) is 22.7. The Morgan fingerprint density at radius 2 is 1.57 bits per heavy atom. The molecule has 0 saturated carbocycles. The number of carbonyl (C=O) groups is 8. The Hall–Kier alpha value is -7.79. The van der Waals surface area contributed by atoms with Gasteiger partial charge in [-0.25, -0.2) is 32.1 Å². The summed E-state index contributed by atoms with van der Waals surface area (Å²) < 4.78 is 67.9. The lowest BCUT2D eigenvalue weighted by Crippen LogP contribution is -2.46. The number of aliphatic hydroxyl groups excluding tert-OH is 1. The van der Waals surface area contributed by atoms with E-state index in [2.05, 4.69) is 16.0 Å². The number of benzene rings is 3. The van der Waals surface area contributed by atoms with Crippen molar-refractivity contribution >= 4 is 53.0 Å². The molecule has 6 N–H and O–H groups in total. The van der Waals surface area contributed by atoms with Crippen molar-refractivity contribution in [3.05, 3.63) is 119 Å². The van der Waals surface area contributed by atoms with Crippen molar-refractivity contribution in [2.75, 3.05) is 44.6 Å². The van der Waals surface area contributed by atoms with E-state index in [-0.39, 0.29) is 118 Å². The second kappa shape index (κ2) is 29.5. The number of ether oxygens (including phenoxy) is 1. The van der Waals surface area contributed by atoms with Crippen LogP contribution in [-0.4, -0.2) is 134 Å². The molecule has 0 spiro atoms. The van der Waals surface area contributed by atoms with Gasteiger partial charge in [0, 0.05) is 87.0 Å². The van der Waals surface area contributed by atoms with Gasteiger partial charge in [-0.3, -0.25) is 38.6 Å². The van der Waals surface area contributed by atoms with E-state index in [9.17, 15) is 52.2 Å². The number of unbranched alkanes of at least 4 members (excludes halogenated alkanes) is 2. The molecule has 0 unspecified atom stereocenters. The summed E-state index contributed by atoms with van der Waals surface area (Å²) in [5.41, 5.74) is 5.71. The molecule has 0 aliphatic carbocycles. The van der Waals surface area contributed by atoms with E-state index in [1.165, 1.54) is 48.4 Å². The number of aromatic nitrogens is 2. The maximum atomic E-state index is 16.3. The highest BCUT2D eigenvalue weighted by Crippen LogP contribution is 2.41. The summed E-state index contributed by atoms with van der Waals surface area (Å²) in [6.45, 7) is 9.61. The van der Waals surface area contributed by atoms with Crippen LogP contribution in [0.2, 0.25) is 0 Å². The SMILES string of the molecule is CC(C)[C@H](NC(=O)CCCCCN1C(=O)C=CC1=O)C(=O)C[C@@H](CCCNC(N)=O)C(=O)Nc1ccc(COC(=O)N2C[C@@H](CN(CC(=O)[C@@H](C)O)[C@@H](c3nc(-c4cc(F)ccc4F)cn3Cc3cccc(F)c3)C(C)(C)C)[C@@H](F)C2)cc1. The van der Waals surface area contributed by atoms with Gasteiger partial charge >= 0.3 is 12.1 Å². The number of imide groups is 1. The number of amides is 7. The van der Waals surface area contributed by atoms with Crippen LogP contribution >= 0.6 is 0 Å². The summed E-state index contributed by atoms with van der Waals surface area (Å²) in [6, 6.07) is 12.6. The van der Waals surface area contributed by atoms with E-state index < -0.39 is 82.9 Å². The highest BCUT2D eigenvalue weighted by molar-refractivity contribution is 6.12. The predicted molar refractivity (Wildman–Crippen MR) is 300 cm³/mol. The van der Waals surface area contributed by atoms with Gasteiger partial charge in [0.15, 0.2) is 11.6 Å². The van der Waals surface area contributed by atoms with Gasteiger partial charge in [0.25, 0.3) is 11.8 Å². The molecule has 3 heterocycles. The van der Waals surface area contributed by atoms with Gasteiger partial charge in [-0.2, -0.15) is 0 Å². The number of nitrogens with two attached hydrogens (primary N) is 1. The smallest absolute Gasteiger partial charge is 0.410 e. The summed E-state index contributed by atoms with van der Waals surface area (Å²) >= 11 is 0. The Bertz CT molecular complexity index is 2980. The highest BCUT2D eigenvalue weighted by Gasteiger charge is 2.43. The molecule has 448 valence electrons. The number of ketones is 2. The van der Waals surface area contributed by atoms with Crippen LogP contribution in [0.4, 0.5) is 32.8 Å². The van der Waals surface area contributed by atoms with E-state index in [0.717, 1.165) is 23.1 Å². The van der Waals surface area contributed by atoms with Crippen LogP contribution in [0.5, 0.6) is 0 Å². The van der Waals surface area contributed by atoms with Crippen LogP contribution in [0.1, 0.15) is 109 Å². The molecule has 6 rings (SSSR count). The monoisotopic (exact) mass is 1160 g/mol. The molecule has 0 radical (unpaired) electrons. The van der Waals surface area contributed by atoms with Crippen molar-refractivity contribution in [2.45, 2.75) is 124 Å². The highest BCUT2D eigenvalue weighted by atomic mass is 19.1. The van der Waals surface area contributed by atoms with Crippen molar-refractivity contribution in [3.63, 3.8) is 0 Å². The van der Waals surface area contributed by atoms with Gasteiger partial charge in [-0.15, -0.1) is 0 Å². The van der Waals surface area contributed by atoms with Crippen molar-refractivity contribution in [1.82, 2.24) is 34.9 Å². The number of halogens is 4. The third-order valence-electron chi connectivity index (χ3n) is 14.5. The second-order valence-corrected chi connectivity index (χ2v) is 22.7. The van der Waals surface area contributed by atoms with Crippen molar-refractivity contribution in [3.8, 4) is 11.3 Å².